The Kier molecular flexibility index (Phi) is 3.88. The zero-order valence-electron chi connectivity index (χ0n) is 12.8. The van der Waals surface area contributed by atoms with Crippen molar-refractivity contribution >= 4 is 19.6 Å². The SMILES string of the molecule is Cc1ccc(C2ON=C(c3c(C)cc(C)cc3C)[Se]2)cc1. The molecule has 0 fully saturated rings. The number of rotatable bonds is 2. The first-order valence-corrected chi connectivity index (χ1v) is 8.94. The van der Waals surface area contributed by atoms with E-state index in [1.165, 1.54) is 33.4 Å². The van der Waals surface area contributed by atoms with Crippen molar-refractivity contribution < 1.29 is 4.84 Å². The molecular weight excluding hydrogens is 325 g/mol. The molecule has 3 heteroatoms. The molecule has 1 atom stereocenters. The van der Waals surface area contributed by atoms with Gasteiger partial charge in [-0.15, -0.1) is 0 Å². The van der Waals surface area contributed by atoms with Gasteiger partial charge in [0.2, 0.25) is 0 Å². The van der Waals surface area contributed by atoms with Crippen molar-refractivity contribution in [2.24, 2.45) is 5.16 Å². The zero-order valence-corrected chi connectivity index (χ0v) is 14.5. The predicted octanol–water partition coefficient (Wildman–Crippen LogP) is 4.02. The normalized spacial score (nSPS) is 17.5. The second-order valence-corrected chi connectivity index (χ2v) is 7.84. The van der Waals surface area contributed by atoms with Crippen LogP contribution >= 0.6 is 0 Å². The number of oxime groups is 1. The van der Waals surface area contributed by atoms with Crippen LogP contribution in [0, 0.1) is 27.7 Å². The second-order valence-electron chi connectivity index (χ2n) is 5.64. The van der Waals surface area contributed by atoms with E-state index in [9.17, 15) is 0 Å². The van der Waals surface area contributed by atoms with Crippen LogP contribution in [0.1, 0.15) is 38.4 Å². The second kappa shape index (κ2) is 5.67. The van der Waals surface area contributed by atoms with Gasteiger partial charge in [0.1, 0.15) is 0 Å². The van der Waals surface area contributed by atoms with Gasteiger partial charge in [-0.1, -0.05) is 0 Å². The van der Waals surface area contributed by atoms with Crippen LogP contribution < -0.4 is 0 Å². The summed E-state index contributed by atoms with van der Waals surface area (Å²) in [4.78, 5) is 5.70. The van der Waals surface area contributed by atoms with Gasteiger partial charge < -0.3 is 0 Å². The zero-order chi connectivity index (χ0) is 15.0. The fourth-order valence-electron chi connectivity index (χ4n) is 2.71. The van der Waals surface area contributed by atoms with Gasteiger partial charge in [0.15, 0.2) is 0 Å². The number of hydrogen-bond donors (Lipinski definition) is 0. The molecule has 1 aliphatic rings. The van der Waals surface area contributed by atoms with Crippen molar-refractivity contribution in [2.75, 3.05) is 0 Å². The Morgan fingerprint density at radius 2 is 1.52 bits per heavy atom. The quantitative estimate of drug-likeness (QED) is 0.754. The van der Waals surface area contributed by atoms with Crippen molar-refractivity contribution in [3.63, 3.8) is 0 Å². The molecule has 1 aliphatic heterocycles. The molecule has 0 amide bonds. The number of benzene rings is 2. The fourth-order valence-corrected chi connectivity index (χ4v) is 5.04. The summed E-state index contributed by atoms with van der Waals surface area (Å²) in [5, 5.41) is 4.49. The Hall–Kier alpha value is -1.57. The van der Waals surface area contributed by atoms with E-state index in [2.05, 4.69) is 69.2 Å². The molecule has 108 valence electrons. The van der Waals surface area contributed by atoms with E-state index >= 15 is 0 Å². The molecule has 2 nitrogen and oxygen atoms in total. The molecule has 0 aromatic heterocycles. The Bertz CT molecular complexity index is 681. The van der Waals surface area contributed by atoms with E-state index < -0.39 is 0 Å². The van der Waals surface area contributed by atoms with Crippen LogP contribution in [0.25, 0.3) is 0 Å². The third-order valence-electron chi connectivity index (χ3n) is 3.69. The summed E-state index contributed by atoms with van der Waals surface area (Å²) in [7, 11) is 0. The molecule has 2 aromatic carbocycles. The molecule has 0 saturated heterocycles. The molecule has 2 aromatic rings. The van der Waals surface area contributed by atoms with Gasteiger partial charge in [-0.25, -0.2) is 0 Å². The van der Waals surface area contributed by atoms with Crippen LogP contribution in [-0.4, -0.2) is 19.6 Å². The Morgan fingerprint density at radius 3 is 2.14 bits per heavy atom. The Morgan fingerprint density at radius 1 is 0.905 bits per heavy atom. The molecule has 21 heavy (non-hydrogen) atoms. The van der Waals surface area contributed by atoms with Crippen molar-refractivity contribution in [3.8, 4) is 0 Å². The number of aryl methyl sites for hydroxylation is 4. The Labute approximate surface area is 132 Å². The average Bonchev–Trinajstić information content (AvgIpc) is 2.87. The first-order chi connectivity index (χ1) is 10.0. The topological polar surface area (TPSA) is 21.6 Å². The van der Waals surface area contributed by atoms with E-state index in [0.29, 0.717) is 0 Å². The molecule has 0 radical (unpaired) electrons. The van der Waals surface area contributed by atoms with Gasteiger partial charge in [0.25, 0.3) is 0 Å². The minimum atomic E-state index is 0.105. The molecule has 0 saturated carbocycles. The number of nitrogens with zero attached hydrogens (tertiary/aromatic N) is 1. The van der Waals surface area contributed by atoms with E-state index in [4.69, 9.17) is 4.84 Å². The first-order valence-electron chi connectivity index (χ1n) is 7.10. The minimum absolute atomic E-state index is 0.105. The molecule has 1 unspecified atom stereocenters. The summed E-state index contributed by atoms with van der Waals surface area (Å²) in [6.07, 6.45) is 0. The van der Waals surface area contributed by atoms with Crippen molar-refractivity contribution in [2.45, 2.75) is 32.7 Å². The van der Waals surface area contributed by atoms with E-state index in [0.717, 1.165) is 4.61 Å². The summed E-state index contributed by atoms with van der Waals surface area (Å²) in [5.74, 6) is 0. The molecular formula is C18H19NOSe. The third-order valence-corrected chi connectivity index (χ3v) is 5.94. The molecule has 0 spiro atoms. The maximum atomic E-state index is 5.70. The van der Waals surface area contributed by atoms with Gasteiger partial charge in [-0.05, 0) is 0 Å². The summed E-state index contributed by atoms with van der Waals surface area (Å²) < 4.78 is 1.13. The molecule has 1 heterocycles. The fraction of sp³-hybridized carbons (Fsp3) is 0.278. The average molecular weight is 344 g/mol. The predicted molar refractivity (Wildman–Crippen MR) is 87.9 cm³/mol. The van der Waals surface area contributed by atoms with Gasteiger partial charge >= 0.3 is 132 Å². The maximum absolute atomic E-state index is 5.70. The van der Waals surface area contributed by atoms with E-state index in [-0.39, 0.29) is 20.0 Å². The van der Waals surface area contributed by atoms with Crippen molar-refractivity contribution in [3.05, 3.63) is 69.8 Å². The van der Waals surface area contributed by atoms with Gasteiger partial charge in [0, 0.05) is 0 Å². The van der Waals surface area contributed by atoms with Crippen molar-refractivity contribution in [1.82, 2.24) is 0 Å². The molecule has 0 aliphatic carbocycles. The molecule has 0 bridgehead atoms. The van der Waals surface area contributed by atoms with Crippen LogP contribution in [0.3, 0.4) is 0 Å². The third kappa shape index (κ3) is 2.90. The van der Waals surface area contributed by atoms with Crippen LogP contribution in [-0.2, 0) is 4.84 Å². The summed E-state index contributed by atoms with van der Waals surface area (Å²) >= 11 is 0.208. The molecule has 0 N–H and O–H groups in total. The summed E-state index contributed by atoms with van der Waals surface area (Å²) in [5.41, 5.74) is 7.66. The summed E-state index contributed by atoms with van der Waals surface area (Å²) in [6.45, 7) is 8.56. The van der Waals surface area contributed by atoms with Gasteiger partial charge in [0.05, 0.1) is 0 Å². The van der Waals surface area contributed by atoms with Crippen LogP contribution in [0.15, 0.2) is 41.6 Å². The number of hydrogen-bond acceptors (Lipinski definition) is 2. The van der Waals surface area contributed by atoms with Gasteiger partial charge in [-0.2, -0.15) is 0 Å². The monoisotopic (exact) mass is 345 g/mol. The van der Waals surface area contributed by atoms with Crippen molar-refractivity contribution in [1.29, 1.82) is 0 Å². The molecule has 3 rings (SSSR count). The van der Waals surface area contributed by atoms with Crippen LogP contribution in [0.4, 0.5) is 0 Å². The van der Waals surface area contributed by atoms with Crippen LogP contribution in [0.2, 0.25) is 0 Å². The van der Waals surface area contributed by atoms with E-state index in [1.807, 2.05) is 0 Å². The van der Waals surface area contributed by atoms with E-state index in [1.54, 1.807) is 0 Å². The van der Waals surface area contributed by atoms with Gasteiger partial charge in [-0.3, -0.25) is 0 Å². The Balaban J connectivity index is 1.86. The standard InChI is InChI=1S/C18H19NOSe/c1-11-5-7-15(8-6-11)18-20-19-17(21-18)16-13(3)9-12(2)10-14(16)4/h5-10,18H,1-4H3. The summed E-state index contributed by atoms with van der Waals surface area (Å²) in [6, 6.07) is 13.0. The first kappa shape index (κ1) is 14.4. The van der Waals surface area contributed by atoms with Crippen LogP contribution in [0.5, 0.6) is 0 Å².